The average molecular weight is 261 g/mol. The highest BCUT2D eigenvalue weighted by atomic mass is 16.5. The summed E-state index contributed by atoms with van der Waals surface area (Å²) in [4.78, 5) is 7.16. The maximum Gasteiger partial charge on any atom is 0.0590 e. The molecule has 0 aromatic rings. The summed E-state index contributed by atoms with van der Waals surface area (Å²) >= 11 is 0. The summed E-state index contributed by atoms with van der Waals surface area (Å²) in [5.74, 6) is 0. The van der Waals surface area contributed by atoms with E-state index >= 15 is 0 Å². The van der Waals surface area contributed by atoms with Crippen molar-refractivity contribution in [2.24, 2.45) is 0 Å². The molecule has 1 heterocycles. The van der Waals surface area contributed by atoms with E-state index in [0.717, 1.165) is 59.5 Å². The second kappa shape index (κ2) is 9.66. The summed E-state index contributed by atoms with van der Waals surface area (Å²) in [5, 5.41) is 0. The Morgan fingerprint density at radius 2 is 0.889 bits per heavy atom. The van der Waals surface area contributed by atoms with Crippen LogP contribution >= 0.6 is 0 Å². The van der Waals surface area contributed by atoms with Crippen molar-refractivity contribution >= 4 is 0 Å². The largest absolute Gasteiger partial charge is 0.383 e. The van der Waals surface area contributed by atoms with Crippen LogP contribution < -0.4 is 0 Å². The Kier molecular flexibility index (Phi) is 8.49. The molecule has 18 heavy (non-hydrogen) atoms. The molecule has 0 aromatic heterocycles. The molecular weight excluding hydrogens is 234 g/mol. The van der Waals surface area contributed by atoms with Crippen LogP contribution in [-0.4, -0.2) is 95.5 Å². The predicted octanol–water partition coefficient (Wildman–Crippen LogP) is -0.282. The molecule has 0 aliphatic carbocycles. The normalized spacial score (nSPS) is 19.5. The highest BCUT2D eigenvalue weighted by Crippen LogP contribution is 2.06. The van der Waals surface area contributed by atoms with Gasteiger partial charge in [0.1, 0.15) is 0 Å². The number of hydrogen-bond acceptors (Lipinski definition) is 6. The molecule has 108 valence electrons. The molecule has 0 unspecified atom stereocenters. The Labute approximate surface area is 110 Å². The van der Waals surface area contributed by atoms with Gasteiger partial charge in [-0.2, -0.15) is 0 Å². The minimum absolute atomic E-state index is 0.774. The average Bonchev–Trinajstić information content (AvgIpc) is 2.40. The topological polar surface area (TPSA) is 37.4 Å². The molecule has 1 aliphatic heterocycles. The third-order valence-corrected chi connectivity index (χ3v) is 3.03. The summed E-state index contributed by atoms with van der Waals surface area (Å²) in [6.45, 7) is 8.15. The molecule has 0 saturated carbocycles. The molecule has 1 saturated heterocycles. The Morgan fingerprint density at radius 1 is 0.611 bits per heavy atom. The highest BCUT2D eigenvalue weighted by molar-refractivity contribution is 4.69. The summed E-state index contributed by atoms with van der Waals surface area (Å²) in [6.07, 6.45) is 0. The van der Waals surface area contributed by atoms with Gasteiger partial charge >= 0.3 is 0 Å². The highest BCUT2D eigenvalue weighted by Gasteiger charge is 2.22. The van der Waals surface area contributed by atoms with Crippen LogP contribution in [-0.2, 0) is 14.2 Å². The van der Waals surface area contributed by atoms with Crippen molar-refractivity contribution < 1.29 is 14.2 Å². The zero-order valence-corrected chi connectivity index (χ0v) is 11.9. The van der Waals surface area contributed by atoms with Gasteiger partial charge in [-0.25, -0.2) is 0 Å². The van der Waals surface area contributed by atoms with E-state index < -0.39 is 0 Å². The number of hydrogen-bond donors (Lipinski definition) is 0. The first kappa shape index (κ1) is 15.8. The molecule has 6 nitrogen and oxygen atoms in total. The molecule has 0 amide bonds. The molecular formula is C12H27N3O3. The Bertz CT molecular complexity index is 168. The van der Waals surface area contributed by atoms with Crippen LogP contribution in [0.2, 0.25) is 0 Å². The number of rotatable bonds is 9. The van der Waals surface area contributed by atoms with Crippen molar-refractivity contribution in [3.63, 3.8) is 0 Å². The van der Waals surface area contributed by atoms with Crippen molar-refractivity contribution in [3.05, 3.63) is 0 Å². The molecule has 6 heteroatoms. The lowest BCUT2D eigenvalue weighted by molar-refractivity contribution is -0.0510. The van der Waals surface area contributed by atoms with Gasteiger partial charge in [0.25, 0.3) is 0 Å². The van der Waals surface area contributed by atoms with Crippen LogP contribution in [0.25, 0.3) is 0 Å². The third-order valence-electron chi connectivity index (χ3n) is 3.03. The fourth-order valence-electron chi connectivity index (χ4n) is 2.07. The molecule has 0 bridgehead atoms. The van der Waals surface area contributed by atoms with Gasteiger partial charge in [-0.15, -0.1) is 0 Å². The van der Waals surface area contributed by atoms with Crippen LogP contribution in [0.1, 0.15) is 0 Å². The molecule has 1 aliphatic rings. The number of nitrogens with zero attached hydrogens (tertiary/aromatic N) is 3. The van der Waals surface area contributed by atoms with Crippen molar-refractivity contribution in [2.75, 3.05) is 80.8 Å². The van der Waals surface area contributed by atoms with E-state index in [4.69, 9.17) is 14.2 Å². The molecule has 0 N–H and O–H groups in total. The Morgan fingerprint density at radius 3 is 1.11 bits per heavy atom. The van der Waals surface area contributed by atoms with E-state index in [1.54, 1.807) is 21.3 Å². The second-order valence-electron chi connectivity index (χ2n) is 4.59. The third kappa shape index (κ3) is 6.08. The standard InChI is InChI=1S/C12H27N3O3/c1-16-7-4-13-10-14(5-8-17-2)12-15(11-13)6-9-18-3/h4-12H2,1-3H3. The molecule has 1 rings (SSSR count). The van der Waals surface area contributed by atoms with Crippen LogP contribution in [0.15, 0.2) is 0 Å². The van der Waals surface area contributed by atoms with Crippen LogP contribution in [0, 0.1) is 0 Å². The maximum atomic E-state index is 5.15. The van der Waals surface area contributed by atoms with Crippen molar-refractivity contribution in [1.82, 2.24) is 14.7 Å². The minimum atomic E-state index is 0.774. The van der Waals surface area contributed by atoms with Crippen LogP contribution in [0.4, 0.5) is 0 Å². The van der Waals surface area contributed by atoms with Crippen molar-refractivity contribution in [1.29, 1.82) is 0 Å². The quantitative estimate of drug-likeness (QED) is 0.568. The molecule has 0 spiro atoms. The fourth-order valence-corrected chi connectivity index (χ4v) is 2.07. The smallest absolute Gasteiger partial charge is 0.0590 e. The van der Waals surface area contributed by atoms with E-state index in [1.165, 1.54) is 0 Å². The lowest BCUT2D eigenvalue weighted by Gasteiger charge is -2.42. The van der Waals surface area contributed by atoms with E-state index in [1.807, 2.05) is 0 Å². The zero-order chi connectivity index (χ0) is 13.2. The van der Waals surface area contributed by atoms with Crippen molar-refractivity contribution in [2.45, 2.75) is 0 Å². The van der Waals surface area contributed by atoms with Crippen LogP contribution in [0.3, 0.4) is 0 Å². The van der Waals surface area contributed by atoms with Gasteiger partial charge < -0.3 is 14.2 Å². The van der Waals surface area contributed by atoms with Gasteiger partial charge in [0, 0.05) is 41.0 Å². The first-order valence-electron chi connectivity index (χ1n) is 6.44. The predicted molar refractivity (Wildman–Crippen MR) is 70.3 cm³/mol. The molecule has 0 radical (unpaired) electrons. The Balaban J connectivity index is 2.38. The van der Waals surface area contributed by atoms with Crippen molar-refractivity contribution in [3.8, 4) is 0 Å². The van der Waals surface area contributed by atoms with Gasteiger partial charge in [-0.3, -0.25) is 14.7 Å². The van der Waals surface area contributed by atoms with Gasteiger partial charge in [-0.1, -0.05) is 0 Å². The lowest BCUT2D eigenvalue weighted by Crippen LogP contribution is -2.56. The molecule has 0 atom stereocenters. The zero-order valence-electron chi connectivity index (χ0n) is 11.9. The Hall–Kier alpha value is -0.240. The van der Waals surface area contributed by atoms with Crippen LogP contribution in [0.5, 0.6) is 0 Å². The van der Waals surface area contributed by atoms with E-state index in [0.29, 0.717) is 0 Å². The van der Waals surface area contributed by atoms with Gasteiger partial charge in [0.2, 0.25) is 0 Å². The maximum absolute atomic E-state index is 5.15. The summed E-state index contributed by atoms with van der Waals surface area (Å²) in [7, 11) is 5.24. The van der Waals surface area contributed by atoms with E-state index in [2.05, 4.69) is 14.7 Å². The number of ether oxygens (including phenoxy) is 3. The molecule has 0 aromatic carbocycles. The summed E-state index contributed by atoms with van der Waals surface area (Å²) in [5.41, 5.74) is 0. The van der Waals surface area contributed by atoms with Gasteiger partial charge in [0.05, 0.1) is 39.8 Å². The SMILES string of the molecule is COCCN1CN(CCOC)CN(CCOC)C1. The van der Waals surface area contributed by atoms with Gasteiger partial charge in [0.15, 0.2) is 0 Å². The van der Waals surface area contributed by atoms with E-state index in [9.17, 15) is 0 Å². The summed E-state index contributed by atoms with van der Waals surface area (Å²) in [6, 6.07) is 0. The van der Waals surface area contributed by atoms with Gasteiger partial charge in [-0.05, 0) is 0 Å². The minimum Gasteiger partial charge on any atom is -0.383 e. The monoisotopic (exact) mass is 261 g/mol. The lowest BCUT2D eigenvalue weighted by atomic mass is 10.4. The first-order chi connectivity index (χ1) is 8.80. The molecule has 1 fully saturated rings. The first-order valence-corrected chi connectivity index (χ1v) is 6.44. The fraction of sp³-hybridized carbons (Fsp3) is 1.00. The summed E-state index contributed by atoms with van der Waals surface area (Å²) < 4.78 is 15.4. The van der Waals surface area contributed by atoms with E-state index in [-0.39, 0.29) is 0 Å². The number of methoxy groups -OCH3 is 3. The second-order valence-corrected chi connectivity index (χ2v) is 4.59.